The van der Waals surface area contributed by atoms with Crippen LogP contribution in [0.3, 0.4) is 0 Å². The topological polar surface area (TPSA) is 0 Å². The Balaban J connectivity index is 2.31. The van der Waals surface area contributed by atoms with Gasteiger partial charge in [-0.05, 0) is 137 Å². The average Bonchev–Trinajstić information content (AvgIpc) is 2.77. The second kappa shape index (κ2) is 8.47. The third-order valence-electron chi connectivity index (χ3n) is 9.33. The average molecular weight is 533 g/mol. The highest BCUT2D eigenvalue weighted by Gasteiger charge is 2.32. The minimum absolute atomic E-state index is 0.0433. The molecule has 5 rings (SSSR count). The number of rotatable bonds is 0. The van der Waals surface area contributed by atoms with E-state index in [9.17, 15) is 0 Å². The minimum atomic E-state index is 0.0433. The van der Waals surface area contributed by atoms with E-state index in [1.54, 1.807) is 0 Å². The van der Waals surface area contributed by atoms with Crippen LogP contribution in [0.25, 0.3) is 43.1 Å². The third kappa shape index (κ3) is 4.07. The molecular formula is C40H52. The first-order valence-electron chi connectivity index (χ1n) is 15.3. The van der Waals surface area contributed by atoms with Crippen molar-refractivity contribution in [2.45, 2.75) is 132 Å². The first-order chi connectivity index (χ1) is 18.1. The van der Waals surface area contributed by atoms with Crippen LogP contribution in [-0.4, -0.2) is 0 Å². The molecule has 0 bridgehead atoms. The Morgan fingerprint density at radius 3 is 0.600 bits per heavy atom. The van der Waals surface area contributed by atoms with Gasteiger partial charge in [-0.3, -0.25) is 0 Å². The maximum absolute atomic E-state index is 2.53. The normalized spacial score (nSPS) is 14.0. The van der Waals surface area contributed by atoms with Crippen LogP contribution < -0.4 is 0 Å². The summed E-state index contributed by atoms with van der Waals surface area (Å²) in [7, 11) is 0. The molecule has 0 saturated heterocycles. The predicted octanol–water partition coefficient (Wildman–Crippen LogP) is 12.2. The summed E-state index contributed by atoms with van der Waals surface area (Å²) >= 11 is 0. The van der Waals surface area contributed by atoms with Crippen LogP contribution in [0, 0.1) is 27.7 Å². The van der Waals surface area contributed by atoms with Gasteiger partial charge in [0.25, 0.3) is 0 Å². The second-order valence-corrected chi connectivity index (χ2v) is 17.0. The zero-order valence-corrected chi connectivity index (χ0v) is 28.3. The molecule has 0 saturated carbocycles. The molecule has 0 aliphatic rings. The lowest BCUT2D eigenvalue weighted by Crippen LogP contribution is -2.19. The Bertz CT molecular complexity index is 1560. The van der Waals surface area contributed by atoms with E-state index in [-0.39, 0.29) is 21.7 Å². The summed E-state index contributed by atoms with van der Waals surface area (Å²) in [5.41, 5.74) is 11.7. The van der Waals surface area contributed by atoms with Gasteiger partial charge in [0.15, 0.2) is 0 Å². The molecular weight excluding hydrogens is 480 g/mol. The van der Waals surface area contributed by atoms with Crippen molar-refractivity contribution in [3.05, 3.63) is 68.8 Å². The number of hydrogen-bond donors (Lipinski definition) is 0. The van der Waals surface area contributed by atoms with Crippen molar-refractivity contribution in [2.75, 3.05) is 0 Å². The fraction of sp³-hybridized carbons (Fsp3) is 0.500. The number of fused-ring (bicyclic) bond motifs is 2. The van der Waals surface area contributed by atoms with Gasteiger partial charge in [0.05, 0.1) is 0 Å². The van der Waals surface area contributed by atoms with Crippen molar-refractivity contribution in [3.8, 4) is 0 Å². The largest absolute Gasteiger partial charge is 0.0561 e. The lowest BCUT2D eigenvalue weighted by Gasteiger charge is -2.34. The first kappa shape index (κ1) is 28.9. The van der Waals surface area contributed by atoms with E-state index >= 15 is 0 Å². The summed E-state index contributed by atoms with van der Waals surface area (Å²) in [4.78, 5) is 0. The Morgan fingerprint density at radius 2 is 0.450 bits per heavy atom. The van der Waals surface area contributed by atoms with Gasteiger partial charge < -0.3 is 0 Å². The monoisotopic (exact) mass is 532 g/mol. The molecule has 0 radical (unpaired) electrons. The van der Waals surface area contributed by atoms with E-state index in [1.807, 2.05) is 0 Å². The van der Waals surface area contributed by atoms with E-state index in [0.29, 0.717) is 0 Å². The Kier molecular flexibility index (Phi) is 6.12. The summed E-state index contributed by atoms with van der Waals surface area (Å²) in [6, 6.07) is 10.1. The molecule has 5 aromatic rings. The van der Waals surface area contributed by atoms with Crippen LogP contribution in [0.1, 0.15) is 128 Å². The maximum atomic E-state index is 2.53. The SMILES string of the molecule is Cc1cc(C(C)(C)C)c2c(C(C)(C)C)cc(C)c3c4c(C)cc(C(C)(C)C)c5c(C(C)(C)C)cc(C)c(c1c23)c54. The minimum Gasteiger partial charge on any atom is -0.0561 e. The van der Waals surface area contributed by atoms with Gasteiger partial charge in [-0.15, -0.1) is 0 Å². The smallest absolute Gasteiger partial charge is 0.00149 e. The summed E-state index contributed by atoms with van der Waals surface area (Å²) in [6.07, 6.45) is 0. The van der Waals surface area contributed by atoms with E-state index in [2.05, 4.69) is 135 Å². The van der Waals surface area contributed by atoms with Crippen LogP contribution in [0.4, 0.5) is 0 Å². The summed E-state index contributed by atoms with van der Waals surface area (Å²) in [6.45, 7) is 38.1. The van der Waals surface area contributed by atoms with Gasteiger partial charge in [-0.2, -0.15) is 0 Å². The number of benzene rings is 5. The molecule has 5 aromatic carbocycles. The van der Waals surface area contributed by atoms with E-state index in [1.165, 1.54) is 87.6 Å². The molecule has 40 heavy (non-hydrogen) atoms. The highest BCUT2D eigenvalue weighted by molar-refractivity contribution is 6.36. The zero-order valence-electron chi connectivity index (χ0n) is 28.3. The fourth-order valence-electron chi connectivity index (χ4n) is 7.47. The van der Waals surface area contributed by atoms with Crippen molar-refractivity contribution < 1.29 is 0 Å². The number of hydrogen-bond acceptors (Lipinski definition) is 0. The lowest BCUT2D eigenvalue weighted by molar-refractivity contribution is 0.580. The van der Waals surface area contributed by atoms with Crippen molar-refractivity contribution in [1.82, 2.24) is 0 Å². The van der Waals surface area contributed by atoms with E-state index < -0.39 is 0 Å². The van der Waals surface area contributed by atoms with Crippen LogP contribution in [0.5, 0.6) is 0 Å². The van der Waals surface area contributed by atoms with Crippen molar-refractivity contribution in [1.29, 1.82) is 0 Å². The van der Waals surface area contributed by atoms with Gasteiger partial charge >= 0.3 is 0 Å². The van der Waals surface area contributed by atoms with Crippen LogP contribution in [0.15, 0.2) is 24.3 Å². The van der Waals surface area contributed by atoms with Gasteiger partial charge in [-0.1, -0.05) is 107 Å². The van der Waals surface area contributed by atoms with Crippen molar-refractivity contribution in [2.24, 2.45) is 0 Å². The molecule has 0 spiro atoms. The highest BCUT2D eigenvalue weighted by Crippen LogP contribution is 2.52. The maximum Gasteiger partial charge on any atom is -0.00149 e. The predicted molar refractivity (Wildman–Crippen MR) is 181 cm³/mol. The molecule has 0 aliphatic carbocycles. The quantitative estimate of drug-likeness (QED) is 0.137. The number of aryl methyl sites for hydroxylation is 4. The Labute approximate surface area is 243 Å². The van der Waals surface area contributed by atoms with Gasteiger partial charge in [0.1, 0.15) is 0 Å². The molecule has 0 heterocycles. The van der Waals surface area contributed by atoms with Gasteiger partial charge in [-0.25, -0.2) is 0 Å². The van der Waals surface area contributed by atoms with Crippen LogP contribution >= 0.6 is 0 Å². The van der Waals surface area contributed by atoms with Crippen LogP contribution in [-0.2, 0) is 21.7 Å². The zero-order chi connectivity index (χ0) is 30.1. The molecule has 0 fully saturated rings. The standard InChI is InChI=1S/C40H52/c1-21-17-25(37(5,6)7)33-26(38(8,9)10)19-23(3)31-32-24(4)20-28(40(14,15)16)34-27(39(11,12)13)18-22(2)30(36(32)34)29(21)35(31)33/h17-20H,1-16H3. The molecule has 212 valence electrons. The molecule has 0 unspecified atom stereocenters. The van der Waals surface area contributed by atoms with E-state index in [4.69, 9.17) is 0 Å². The summed E-state index contributed by atoms with van der Waals surface area (Å²) in [5.74, 6) is 0. The van der Waals surface area contributed by atoms with E-state index in [0.717, 1.165) is 0 Å². The fourth-order valence-corrected chi connectivity index (χ4v) is 7.47. The molecule has 0 amide bonds. The van der Waals surface area contributed by atoms with Crippen LogP contribution in [0.2, 0.25) is 0 Å². The molecule has 0 N–H and O–H groups in total. The molecule has 0 aromatic heterocycles. The Hall–Kier alpha value is -2.60. The van der Waals surface area contributed by atoms with Crippen molar-refractivity contribution >= 4 is 43.1 Å². The highest BCUT2D eigenvalue weighted by atomic mass is 14.4. The Morgan fingerprint density at radius 1 is 0.275 bits per heavy atom. The molecule has 0 atom stereocenters. The summed E-state index contributed by atoms with van der Waals surface area (Å²) in [5, 5.41) is 11.8. The third-order valence-corrected chi connectivity index (χ3v) is 9.33. The van der Waals surface area contributed by atoms with Gasteiger partial charge in [0, 0.05) is 0 Å². The molecule has 0 aliphatic heterocycles. The first-order valence-corrected chi connectivity index (χ1v) is 15.3. The summed E-state index contributed by atoms with van der Waals surface area (Å²) < 4.78 is 0. The van der Waals surface area contributed by atoms with Gasteiger partial charge in [0.2, 0.25) is 0 Å². The van der Waals surface area contributed by atoms with Crippen molar-refractivity contribution in [3.63, 3.8) is 0 Å². The lowest BCUT2D eigenvalue weighted by atomic mass is 9.70. The molecule has 0 heteroatoms. The second-order valence-electron chi connectivity index (χ2n) is 17.0. The molecule has 0 nitrogen and oxygen atoms in total.